The number of hydrogen-bond donors (Lipinski definition) is 0. The predicted octanol–water partition coefficient (Wildman–Crippen LogP) is 3.41. The van der Waals surface area contributed by atoms with Gasteiger partial charge >= 0.3 is 5.97 Å². The third kappa shape index (κ3) is 7.10. The average Bonchev–Trinajstić information content (AvgIpc) is 2.35. The molecule has 3 heteroatoms. The average molecular weight is 275 g/mol. The summed E-state index contributed by atoms with van der Waals surface area (Å²) in [5, 5.41) is 0. The molecule has 110 valence electrons. The number of ether oxygens (including phenoxy) is 1. The maximum Gasteiger partial charge on any atom is 0.320 e. The molecule has 0 unspecified atom stereocenters. The normalized spacial score (nSPS) is 12.1. The molecular weight excluding hydrogens is 250 g/mol. The summed E-state index contributed by atoms with van der Waals surface area (Å²) in [6, 6.07) is 10.1. The smallest absolute Gasteiger partial charge is 0.320 e. The van der Waals surface area contributed by atoms with Gasteiger partial charge in [0.15, 0.2) is 0 Å². The highest BCUT2D eigenvalue weighted by Crippen LogP contribution is 2.09. The van der Waals surface area contributed by atoms with Gasteiger partial charge in [-0.25, -0.2) is 0 Å². The Bertz CT molecular complexity index is 432. The standard InChI is InChI=1S/C17H25NO2/c1-5-6-12-18(13-15-10-8-7-9-11-15)14-16(19)20-17(2,3)4/h5-11H,12-14H2,1-4H3/b6-5+. The Hall–Kier alpha value is -1.61. The number of benzene rings is 1. The highest BCUT2D eigenvalue weighted by atomic mass is 16.6. The van der Waals surface area contributed by atoms with Gasteiger partial charge in [-0.05, 0) is 33.3 Å². The highest BCUT2D eigenvalue weighted by molar-refractivity contribution is 5.72. The molecule has 0 saturated carbocycles. The molecule has 0 spiro atoms. The molecule has 0 aliphatic carbocycles. The minimum absolute atomic E-state index is 0.182. The van der Waals surface area contributed by atoms with Gasteiger partial charge in [-0.2, -0.15) is 0 Å². The van der Waals surface area contributed by atoms with Crippen molar-refractivity contribution >= 4 is 5.97 Å². The number of carbonyl (C=O) groups is 1. The molecule has 0 atom stereocenters. The zero-order valence-corrected chi connectivity index (χ0v) is 12.9. The largest absolute Gasteiger partial charge is 0.459 e. The summed E-state index contributed by atoms with van der Waals surface area (Å²) in [4.78, 5) is 14.0. The van der Waals surface area contributed by atoms with Crippen molar-refractivity contribution in [1.82, 2.24) is 4.90 Å². The van der Waals surface area contributed by atoms with E-state index in [-0.39, 0.29) is 5.97 Å². The second kappa shape index (κ2) is 7.85. The van der Waals surface area contributed by atoms with Crippen molar-refractivity contribution in [3.63, 3.8) is 0 Å². The van der Waals surface area contributed by atoms with E-state index in [1.165, 1.54) is 5.56 Å². The van der Waals surface area contributed by atoms with Gasteiger partial charge in [-0.3, -0.25) is 9.69 Å². The van der Waals surface area contributed by atoms with E-state index >= 15 is 0 Å². The number of rotatable bonds is 6. The molecule has 0 saturated heterocycles. The van der Waals surface area contributed by atoms with Crippen molar-refractivity contribution in [2.75, 3.05) is 13.1 Å². The Morgan fingerprint density at radius 2 is 1.90 bits per heavy atom. The fourth-order valence-electron chi connectivity index (χ4n) is 1.84. The molecule has 0 fully saturated rings. The van der Waals surface area contributed by atoms with E-state index in [9.17, 15) is 4.79 Å². The molecule has 1 aromatic carbocycles. The SMILES string of the molecule is C/C=C/CN(CC(=O)OC(C)(C)C)Cc1ccccc1. The third-order valence-corrected chi connectivity index (χ3v) is 2.62. The van der Waals surface area contributed by atoms with Gasteiger partial charge in [0.2, 0.25) is 0 Å². The fraction of sp³-hybridized carbons (Fsp3) is 0.471. The van der Waals surface area contributed by atoms with Crippen LogP contribution >= 0.6 is 0 Å². The molecule has 0 aliphatic heterocycles. The van der Waals surface area contributed by atoms with Gasteiger partial charge in [0.05, 0.1) is 6.54 Å². The Labute approximate surface area is 122 Å². The monoisotopic (exact) mass is 275 g/mol. The molecule has 0 aromatic heterocycles. The van der Waals surface area contributed by atoms with Gasteiger partial charge in [0, 0.05) is 13.1 Å². The summed E-state index contributed by atoms with van der Waals surface area (Å²) >= 11 is 0. The quantitative estimate of drug-likeness (QED) is 0.588. The van der Waals surface area contributed by atoms with E-state index in [4.69, 9.17) is 4.74 Å². The molecule has 1 rings (SSSR count). The lowest BCUT2D eigenvalue weighted by Gasteiger charge is -2.24. The Balaban J connectivity index is 2.62. The van der Waals surface area contributed by atoms with E-state index in [0.29, 0.717) is 6.54 Å². The Kier molecular flexibility index (Phi) is 6.46. The van der Waals surface area contributed by atoms with E-state index in [1.807, 2.05) is 58.0 Å². The van der Waals surface area contributed by atoms with Crippen molar-refractivity contribution in [2.45, 2.75) is 39.8 Å². The predicted molar refractivity (Wildman–Crippen MR) is 82.4 cm³/mol. The summed E-state index contributed by atoms with van der Waals surface area (Å²) in [5.74, 6) is -0.182. The lowest BCUT2D eigenvalue weighted by molar-refractivity contribution is -0.156. The minimum atomic E-state index is -0.434. The number of hydrogen-bond acceptors (Lipinski definition) is 3. The molecule has 0 amide bonds. The van der Waals surface area contributed by atoms with Crippen molar-refractivity contribution < 1.29 is 9.53 Å². The fourth-order valence-corrected chi connectivity index (χ4v) is 1.84. The molecular formula is C17H25NO2. The molecule has 3 nitrogen and oxygen atoms in total. The second-order valence-electron chi connectivity index (χ2n) is 5.81. The summed E-state index contributed by atoms with van der Waals surface area (Å²) in [6.45, 7) is 9.43. The molecule has 0 radical (unpaired) electrons. The number of carbonyl (C=O) groups excluding carboxylic acids is 1. The molecule has 0 N–H and O–H groups in total. The first kappa shape index (κ1) is 16.4. The van der Waals surface area contributed by atoms with Crippen LogP contribution in [0.4, 0.5) is 0 Å². The van der Waals surface area contributed by atoms with Crippen molar-refractivity contribution in [2.24, 2.45) is 0 Å². The van der Waals surface area contributed by atoms with E-state index < -0.39 is 5.60 Å². The lowest BCUT2D eigenvalue weighted by Crippen LogP contribution is -2.34. The van der Waals surface area contributed by atoms with Crippen LogP contribution in [-0.4, -0.2) is 29.6 Å². The topological polar surface area (TPSA) is 29.5 Å². The Morgan fingerprint density at radius 1 is 1.25 bits per heavy atom. The van der Waals surface area contributed by atoms with Gasteiger partial charge in [-0.15, -0.1) is 0 Å². The zero-order chi connectivity index (χ0) is 15.0. The van der Waals surface area contributed by atoms with Gasteiger partial charge in [0.25, 0.3) is 0 Å². The van der Waals surface area contributed by atoms with Crippen LogP contribution in [0.15, 0.2) is 42.5 Å². The maximum absolute atomic E-state index is 11.9. The summed E-state index contributed by atoms with van der Waals surface area (Å²) in [6.07, 6.45) is 4.04. The van der Waals surface area contributed by atoms with Crippen molar-refractivity contribution in [3.05, 3.63) is 48.0 Å². The number of allylic oxidation sites excluding steroid dienone is 1. The molecule has 20 heavy (non-hydrogen) atoms. The number of nitrogens with zero attached hydrogens (tertiary/aromatic N) is 1. The van der Waals surface area contributed by atoms with E-state index in [1.54, 1.807) is 0 Å². The van der Waals surface area contributed by atoms with Crippen LogP contribution in [0.25, 0.3) is 0 Å². The van der Waals surface area contributed by atoms with Gasteiger partial charge in [0.1, 0.15) is 5.60 Å². The second-order valence-corrected chi connectivity index (χ2v) is 5.81. The molecule has 0 aliphatic rings. The summed E-state index contributed by atoms with van der Waals surface area (Å²) in [7, 11) is 0. The lowest BCUT2D eigenvalue weighted by atomic mass is 10.2. The first-order valence-corrected chi connectivity index (χ1v) is 7.00. The molecule has 0 bridgehead atoms. The van der Waals surface area contributed by atoms with Gasteiger partial charge < -0.3 is 4.74 Å². The van der Waals surface area contributed by atoms with Crippen LogP contribution in [0.3, 0.4) is 0 Å². The van der Waals surface area contributed by atoms with Crippen LogP contribution in [0.1, 0.15) is 33.3 Å². The highest BCUT2D eigenvalue weighted by Gasteiger charge is 2.18. The van der Waals surface area contributed by atoms with Gasteiger partial charge in [-0.1, -0.05) is 42.5 Å². The molecule has 0 heterocycles. The van der Waals surface area contributed by atoms with Crippen LogP contribution in [0.2, 0.25) is 0 Å². The Morgan fingerprint density at radius 3 is 2.45 bits per heavy atom. The van der Waals surface area contributed by atoms with Crippen LogP contribution < -0.4 is 0 Å². The molecule has 1 aromatic rings. The number of esters is 1. The summed E-state index contributed by atoms with van der Waals surface area (Å²) < 4.78 is 5.38. The van der Waals surface area contributed by atoms with Crippen LogP contribution in [-0.2, 0) is 16.1 Å². The first-order chi connectivity index (χ1) is 9.40. The van der Waals surface area contributed by atoms with Crippen molar-refractivity contribution in [3.8, 4) is 0 Å². The third-order valence-electron chi connectivity index (χ3n) is 2.62. The van der Waals surface area contributed by atoms with Crippen molar-refractivity contribution in [1.29, 1.82) is 0 Å². The minimum Gasteiger partial charge on any atom is -0.459 e. The van der Waals surface area contributed by atoms with Crippen LogP contribution in [0, 0.1) is 0 Å². The summed E-state index contributed by atoms with van der Waals surface area (Å²) in [5.41, 5.74) is 0.761. The van der Waals surface area contributed by atoms with E-state index in [0.717, 1.165) is 13.1 Å². The van der Waals surface area contributed by atoms with Crippen LogP contribution in [0.5, 0.6) is 0 Å². The first-order valence-electron chi connectivity index (χ1n) is 7.00. The van der Waals surface area contributed by atoms with E-state index in [2.05, 4.69) is 17.0 Å². The maximum atomic E-state index is 11.9. The zero-order valence-electron chi connectivity index (χ0n) is 12.9.